The number of nitro benzene ring substituents is 1. The molecule has 1 heterocycles. The Bertz CT molecular complexity index is 1190. The second-order valence-corrected chi connectivity index (χ2v) is 8.23. The molecule has 0 amide bonds. The van der Waals surface area contributed by atoms with Crippen LogP contribution in [0.2, 0.25) is 10.0 Å². The second kappa shape index (κ2) is 8.95. The molecule has 0 bridgehead atoms. The summed E-state index contributed by atoms with van der Waals surface area (Å²) in [6.07, 6.45) is 0. The molecular weight excluding hydrogens is 447 g/mol. The number of nitro groups is 1. The summed E-state index contributed by atoms with van der Waals surface area (Å²) < 4.78 is 0. The van der Waals surface area contributed by atoms with E-state index in [-0.39, 0.29) is 29.3 Å². The highest BCUT2D eigenvalue weighted by Crippen LogP contribution is 2.40. The number of halogens is 2. The Morgan fingerprint density at radius 2 is 1.93 bits per heavy atom. The minimum Gasteiger partial charge on any atom is -0.506 e. The SMILES string of the molecule is CC(=NCC(=O)c1ccc(C)c([N+](=O)[O-])c1)c1csc(-c2ccc(Cl)c(Cl)c2)c1O. The van der Waals surface area contributed by atoms with E-state index in [0.717, 1.165) is 0 Å². The van der Waals surface area contributed by atoms with Crippen LogP contribution in [-0.2, 0) is 0 Å². The summed E-state index contributed by atoms with van der Waals surface area (Å²) in [6.45, 7) is 3.11. The van der Waals surface area contributed by atoms with Crippen LogP contribution in [0.15, 0.2) is 46.8 Å². The third-order valence-corrected chi connectivity index (χ3v) is 6.28. The third-order valence-electron chi connectivity index (χ3n) is 4.52. The number of aliphatic imine (C=N–C) groups is 1. The molecule has 0 fully saturated rings. The number of ketones is 1. The van der Waals surface area contributed by atoms with Crippen molar-refractivity contribution in [2.75, 3.05) is 6.54 Å². The zero-order valence-corrected chi connectivity index (χ0v) is 18.3. The number of Topliss-reactive ketones (excluding diaryl/α,β-unsaturated/α-hetero) is 1. The van der Waals surface area contributed by atoms with Crippen molar-refractivity contribution in [3.8, 4) is 16.2 Å². The van der Waals surface area contributed by atoms with Gasteiger partial charge in [-0.05, 0) is 31.5 Å². The average Bonchev–Trinajstić information content (AvgIpc) is 3.09. The molecule has 0 saturated heterocycles. The first-order valence-electron chi connectivity index (χ1n) is 8.74. The standard InChI is InChI=1S/C21H16Cl2N2O4S/c1-11-3-4-13(8-18(11)25(28)29)19(26)9-24-12(2)15-10-30-21(20(15)27)14-5-6-16(22)17(23)7-14/h3-8,10,27H,9H2,1-2H3. The van der Waals surface area contributed by atoms with Crippen LogP contribution >= 0.6 is 34.5 Å². The first-order chi connectivity index (χ1) is 14.2. The molecule has 0 spiro atoms. The molecule has 1 N–H and O–H groups in total. The monoisotopic (exact) mass is 462 g/mol. The predicted octanol–water partition coefficient (Wildman–Crippen LogP) is 6.34. The number of hydrogen-bond donors (Lipinski definition) is 1. The average molecular weight is 463 g/mol. The molecule has 1 aromatic heterocycles. The van der Waals surface area contributed by atoms with E-state index in [0.29, 0.717) is 37.3 Å². The summed E-state index contributed by atoms with van der Waals surface area (Å²) in [5, 5.41) is 24.2. The molecule has 3 rings (SSSR count). The van der Waals surface area contributed by atoms with Gasteiger partial charge in [0.2, 0.25) is 0 Å². The van der Waals surface area contributed by atoms with Crippen molar-refractivity contribution in [3.05, 3.63) is 78.6 Å². The number of hydrogen-bond acceptors (Lipinski definition) is 6. The molecule has 0 aliphatic heterocycles. The van der Waals surface area contributed by atoms with Gasteiger partial charge in [0, 0.05) is 33.8 Å². The lowest BCUT2D eigenvalue weighted by Crippen LogP contribution is -2.07. The van der Waals surface area contributed by atoms with Crippen LogP contribution in [0, 0.1) is 17.0 Å². The second-order valence-electron chi connectivity index (χ2n) is 6.54. The first-order valence-corrected chi connectivity index (χ1v) is 10.4. The van der Waals surface area contributed by atoms with Gasteiger partial charge in [0.05, 0.1) is 19.8 Å². The molecule has 0 unspecified atom stereocenters. The van der Waals surface area contributed by atoms with Gasteiger partial charge in [-0.2, -0.15) is 0 Å². The van der Waals surface area contributed by atoms with Crippen LogP contribution in [-0.4, -0.2) is 28.1 Å². The van der Waals surface area contributed by atoms with Crippen LogP contribution in [0.3, 0.4) is 0 Å². The first kappa shape index (κ1) is 22.0. The molecule has 0 aliphatic carbocycles. The van der Waals surface area contributed by atoms with Gasteiger partial charge in [0.1, 0.15) is 12.3 Å². The van der Waals surface area contributed by atoms with Crippen molar-refractivity contribution in [1.82, 2.24) is 0 Å². The van der Waals surface area contributed by atoms with Crippen LogP contribution in [0.5, 0.6) is 5.75 Å². The molecule has 6 nitrogen and oxygen atoms in total. The van der Waals surface area contributed by atoms with Crippen molar-refractivity contribution in [2.24, 2.45) is 4.99 Å². The van der Waals surface area contributed by atoms with Crippen molar-refractivity contribution in [3.63, 3.8) is 0 Å². The van der Waals surface area contributed by atoms with E-state index in [1.165, 1.54) is 23.5 Å². The van der Waals surface area contributed by atoms with Crippen LogP contribution < -0.4 is 0 Å². The molecule has 3 aromatic rings. The van der Waals surface area contributed by atoms with E-state index >= 15 is 0 Å². The molecule has 0 aliphatic rings. The van der Waals surface area contributed by atoms with E-state index in [2.05, 4.69) is 4.99 Å². The predicted molar refractivity (Wildman–Crippen MR) is 121 cm³/mol. The molecule has 30 heavy (non-hydrogen) atoms. The number of nitrogens with zero attached hydrogens (tertiary/aromatic N) is 2. The summed E-state index contributed by atoms with van der Waals surface area (Å²) in [5.74, 6) is -0.310. The Labute approximate surface area is 186 Å². The minimum absolute atomic E-state index is 0.0399. The van der Waals surface area contributed by atoms with Gasteiger partial charge in [0.15, 0.2) is 5.78 Å². The quantitative estimate of drug-likeness (QED) is 0.200. The van der Waals surface area contributed by atoms with Gasteiger partial charge in [0.25, 0.3) is 5.69 Å². The van der Waals surface area contributed by atoms with Crippen LogP contribution in [0.4, 0.5) is 5.69 Å². The Hall–Kier alpha value is -2.74. The van der Waals surface area contributed by atoms with Gasteiger partial charge in [-0.1, -0.05) is 41.4 Å². The summed E-state index contributed by atoms with van der Waals surface area (Å²) in [5.41, 5.74) is 2.29. The normalized spacial score (nSPS) is 11.5. The van der Waals surface area contributed by atoms with Crippen LogP contribution in [0.1, 0.15) is 28.4 Å². The number of carbonyl (C=O) groups is 1. The number of aryl methyl sites for hydroxylation is 1. The maximum Gasteiger partial charge on any atom is 0.273 e. The highest BCUT2D eigenvalue weighted by Gasteiger charge is 2.17. The summed E-state index contributed by atoms with van der Waals surface area (Å²) >= 11 is 13.3. The van der Waals surface area contributed by atoms with E-state index in [4.69, 9.17) is 23.2 Å². The maximum atomic E-state index is 12.4. The fourth-order valence-corrected chi connectivity index (χ4v) is 4.10. The zero-order valence-electron chi connectivity index (χ0n) is 16.0. The van der Waals surface area contributed by atoms with Crippen molar-refractivity contribution < 1.29 is 14.8 Å². The summed E-state index contributed by atoms with van der Waals surface area (Å²) in [4.78, 5) is 27.9. The van der Waals surface area contributed by atoms with Crippen molar-refractivity contribution in [1.29, 1.82) is 0 Å². The number of thiophene rings is 1. The Kier molecular flexibility index (Phi) is 6.55. The van der Waals surface area contributed by atoms with E-state index < -0.39 is 4.92 Å². The number of rotatable bonds is 6. The van der Waals surface area contributed by atoms with E-state index in [1.54, 1.807) is 43.5 Å². The molecule has 9 heteroatoms. The highest BCUT2D eigenvalue weighted by atomic mass is 35.5. The number of benzene rings is 2. The topological polar surface area (TPSA) is 92.8 Å². The number of carbonyl (C=O) groups excluding carboxylic acids is 1. The Morgan fingerprint density at radius 1 is 1.20 bits per heavy atom. The zero-order chi connectivity index (χ0) is 22.0. The lowest BCUT2D eigenvalue weighted by Gasteiger charge is -2.04. The smallest absolute Gasteiger partial charge is 0.273 e. The van der Waals surface area contributed by atoms with Gasteiger partial charge in [-0.15, -0.1) is 11.3 Å². The van der Waals surface area contributed by atoms with E-state index in [9.17, 15) is 20.0 Å². The lowest BCUT2D eigenvalue weighted by molar-refractivity contribution is -0.385. The van der Waals surface area contributed by atoms with Gasteiger partial charge in [-0.25, -0.2) is 0 Å². The summed E-state index contributed by atoms with van der Waals surface area (Å²) in [7, 11) is 0. The summed E-state index contributed by atoms with van der Waals surface area (Å²) in [6, 6.07) is 9.41. The molecule has 0 saturated carbocycles. The Morgan fingerprint density at radius 3 is 2.60 bits per heavy atom. The largest absolute Gasteiger partial charge is 0.506 e. The Balaban J connectivity index is 1.82. The molecule has 154 valence electrons. The number of aromatic hydroxyl groups is 1. The minimum atomic E-state index is -0.519. The molecular formula is C21H16Cl2N2O4S. The van der Waals surface area contributed by atoms with E-state index in [1.807, 2.05) is 0 Å². The fourth-order valence-electron chi connectivity index (χ4n) is 2.80. The molecule has 0 radical (unpaired) electrons. The van der Waals surface area contributed by atoms with Crippen molar-refractivity contribution >= 4 is 51.7 Å². The van der Waals surface area contributed by atoms with Gasteiger partial charge >= 0.3 is 0 Å². The van der Waals surface area contributed by atoms with Crippen LogP contribution in [0.25, 0.3) is 10.4 Å². The lowest BCUT2D eigenvalue weighted by atomic mass is 10.1. The maximum absolute atomic E-state index is 12.4. The fraction of sp³-hybridized carbons (Fsp3) is 0.143. The molecule has 2 aromatic carbocycles. The van der Waals surface area contributed by atoms with Crippen molar-refractivity contribution in [2.45, 2.75) is 13.8 Å². The van der Waals surface area contributed by atoms with Gasteiger partial charge in [-0.3, -0.25) is 19.9 Å². The van der Waals surface area contributed by atoms with Gasteiger partial charge < -0.3 is 5.11 Å². The third kappa shape index (κ3) is 4.53. The highest BCUT2D eigenvalue weighted by molar-refractivity contribution is 7.14. The molecule has 0 atom stereocenters.